The molecule has 0 radical (unpaired) electrons. The van der Waals surface area contributed by atoms with E-state index in [0.717, 1.165) is 40.4 Å². The van der Waals surface area contributed by atoms with Crippen molar-refractivity contribution in [1.29, 1.82) is 0 Å². The molecular formula is C19H15F2N3OS. The molecule has 1 amide bonds. The van der Waals surface area contributed by atoms with Gasteiger partial charge in [-0.15, -0.1) is 0 Å². The molecule has 0 fully saturated rings. The highest BCUT2D eigenvalue weighted by Crippen LogP contribution is 2.36. The van der Waals surface area contributed by atoms with Crippen molar-refractivity contribution in [2.24, 2.45) is 0 Å². The number of aryl methyl sites for hydroxylation is 1. The van der Waals surface area contributed by atoms with Crippen molar-refractivity contribution in [2.75, 3.05) is 5.32 Å². The SMILES string of the molecule is Cc1ccc(-n2nc3c(c2NC(=O)c2c(F)cccc2F)CSC3)cc1. The summed E-state index contributed by atoms with van der Waals surface area (Å²) in [4.78, 5) is 12.6. The fourth-order valence-corrected chi connectivity index (χ4v) is 3.93. The topological polar surface area (TPSA) is 46.9 Å². The van der Waals surface area contributed by atoms with E-state index in [9.17, 15) is 13.6 Å². The number of amides is 1. The molecule has 7 heteroatoms. The van der Waals surface area contributed by atoms with E-state index in [0.29, 0.717) is 11.6 Å². The van der Waals surface area contributed by atoms with E-state index in [4.69, 9.17) is 0 Å². The highest BCUT2D eigenvalue weighted by atomic mass is 32.2. The lowest BCUT2D eigenvalue weighted by Gasteiger charge is -2.12. The van der Waals surface area contributed by atoms with Gasteiger partial charge in [-0.25, -0.2) is 13.5 Å². The minimum Gasteiger partial charge on any atom is -0.306 e. The summed E-state index contributed by atoms with van der Waals surface area (Å²) in [6, 6.07) is 11.0. The molecule has 132 valence electrons. The van der Waals surface area contributed by atoms with Crippen molar-refractivity contribution in [3.63, 3.8) is 0 Å². The summed E-state index contributed by atoms with van der Waals surface area (Å²) in [6.07, 6.45) is 0. The van der Waals surface area contributed by atoms with Crippen LogP contribution < -0.4 is 5.32 Å². The van der Waals surface area contributed by atoms with Crippen LogP contribution in [-0.4, -0.2) is 15.7 Å². The standard InChI is InChI=1S/C19H15F2N3OS/c1-11-5-7-12(8-6-11)24-18(13-9-26-10-16(13)23-24)22-19(25)17-14(20)3-2-4-15(17)21/h2-8H,9-10H2,1H3,(H,22,25). The Balaban J connectivity index is 1.76. The quantitative estimate of drug-likeness (QED) is 0.740. The zero-order valence-corrected chi connectivity index (χ0v) is 14.7. The number of anilines is 1. The molecule has 2 heterocycles. The van der Waals surface area contributed by atoms with E-state index in [-0.39, 0.29) is 0 Å². The predicted molar refractivity (Wildman–Crippen MR) is 97.6 cm³/mol. The molecule has 4 nitrogen and oxygen atoms in total. The summed E-state index contributed by atoms with van der Waals surface area (Å²) < 4.78 is 29.5. The number of nitrogens with zero attached hydrogens (tertiary/aromatic N) is 2. The average Bonchev–Trinajstić information content (AvgIpc) is 3.18. The van der Waals surface area contributed by atoms with E-state index in [1.54, 1.807) is 16.4 Å². The van der Waals surface area contributed by atoms with Crippen LogP contribution in [-0.2, 0) is 11.5 Å². The van der Waals surface area contributed by atoms with Crippen LogP contribution in [0.1, 0.15) is 27.2 Å². The lowest BCUT2D eigenvalue weighted by atomic mass is 10.1. The Hall–Kier alpha value is -2.67. The molecule has 1 aliphatic heterocycles. The number of thioether (sulfide) groups is 1. The number of nitrogens with one attached hydrogen (secondary N) is 1. The van der Waals surface area contributed by atoms with E-state index in [1.165, 1.54) is 6.07 Å². The van der Waals surface area contributed by atoms with Gasteiger partial charge in [-0.05, 0) is 31.2 Å². The highest BCUT2D eigenvalue weighted by molar-refractivity contribution is 7.98. The summed E-state index contributed by atoms with van der Waals surface area (Å²) in [5.74, 6) is -0.721. The van der Waals surface area contributed by atoms with Crippen LogP contribution in [0.2, 0.25) is 0 Å². The van der Waals surface area contributed by atoms with Crippen molar-refractivity contribution in [2.45, 2.75) is 18.4 Å². The van der Waals surface area contributed by atoms with Gasteiger partial charge in [0.05, 0.1) is 11.4 Å². The Morgan fingerprint density at radius 1 is 1.12 bits per heavy atom. The number of hydrogen-bond donors (Lipinski definition) is 1. The molecular weight excluding hydrogens is 356 g/mol. The molecule has 0 unspecified atom stereocenters. The Bertz CT molecular complexity index is 979. The number of rotatable bonds is 3. The first-order valence-corrected chi connectivity index (χ1v) is 9.21. The molecule has 4 rings (SSSR count). The molecule has 0 bridgehead atoms. The number of hydrogen-bond acceptors (Lipinski definition) is 3. The zero-order chi connectivity index (χ0) is 18.3. The predicted octanol–water partition coefficient (Wildman–Crippen LogP) is 4.46. The fraction of sp³-hybridized carbons (Fsp3) is 0.158. The summed E-state index contributed by atoms with van der Waals surface area (Å²) in [7, 11) is 0. The van der Waals surface area contributed by atoms with Crippen molar-refractivity contribution in [3.8, 4) is 5.69 Å². The Morgan fingerprint density at radius 2 is 1.81 bits per heavy atom. The monoisotopic (exact) mass is 371 g/mol. The third-order valence-corrected chi connectivity index (χ3v) is 5.22. The van der Waals surface area contributed by atoms with Gasteiger partial charge in [0.2, 0.25) is 0 Å². The van der Waals surface area contributed by atoms with E-state index in [1.807, 2.05) is 31.2 Å². The minimum atomic E-state index is -0.894. The molecule has 3 aromatic rings. The lowest BCUT2D eigenvalue weighted by Crippen LogP contribution is -2.19. The van der Waals surface area contributed by atoms with Crippen LogP contribution in [0.4, 0.5) is 14.6 Å². The van der Waals surface area contributed by atoms with Crippen LogP contribution in [0.25, 0.3) is 5.69 Å². The third kappa shape index (κ3) is 2.88. The normalized spacial score (nSPS) is 12.9. The Labute approximate surface area is 153 Å². The lowest BCUT2D eigenvalue weighted by molar-refractivity contribution is 0.101. The number of carbonyl (C=O) groups excluding carboxylic acids is 1. The number of fused-ring (bicyclic) bond motifs is 1. The molecule has 0 saturated carbocycles. The van der Waals surface area contributed by atoms with Gasteiger partial charge in [-0.1, -0.05) is 23.8 Å². The highest BCUT2D eigenvalue weighted by Gasteiger charge is 2.26. The van der Waals surface area contributed by atoms with Crippen molar-refractivity contribution in [1.82, 2.24) is 9.78 Å². The zero-order valence-electron chi connectivity index (χ0n) is 13.9. The molecule has 0 aliphatic carbocycles. The molecule has 1 aliphatic rings. The third-order valence-electron chi connectivity index (χ3n) is 4.25. The molecule has 1 N–H and O–H groups in total. The van der Waals surface area contributed by atoms with E-state index in [2.05, 4.69) is 10.4 Å². The van der Waals surface area contributed by atoms with Gasteiger partial charge in [0, 0.05) is 17.1 Å². The maximum absolute atomic E-state index is 13.9. The first kappa shape index (κ1) is 16.8. The van der Waals surface area contributed by atoms with E-state index >= 15 is 0 Å². The fourth-order valence-electron chi connectivity index (χ4n) is 2.90. The van der Waals surface area contributed by atoms with Crippen LogP contribution >= 0.6 is 11.8 Å². The summed E-state index contributed by atoms with van der Waals surface area (Å²) in [5.41, 5.74) is 3.05. The summed E-state index contributed by atoms with van der Waals surface area (Å²) in [5, 5.41) is 7.25. The smallest absolute Gasteiger partial charge is 0.262 e. The van der Waals surface area contributed by atoms with Gasteiger partial charge in [0.1, 0.15) is 23.0 Å². The second-order valence-corrected chi connectivity index (χ2v) is 7.05. The number of aromatic nitrogens is 2. The van der Waals surface area contributed by atoms with Crippen LogP contribution in [0, 0.1) is 18.6 Å². The molecule has 1 aromatic heterocycles. The second-order valence-electron chi connectivity index (χ2n) is 6.06. The summed E-state index contributed by atoms with van der Waals surface area (Å²) >= 11 is 1.68. The maximum Gasteiger partial charge on any atom is 0.262 e. The molecule has 0 atom stereocenters. The van der Waals surface area contributed by atoms with Crippen LogP contribution in [0.15, 0.2) is 42.5 Å². The minimum absolute atomic E-state index is 0.460. The van der Waals surface area contributed by atoms with Crippen LogP contribution in [0.3, 0.4) is 0 Å². The van der Waals surface area contributed by atoms with Gasteiger partial charge < -0.3 is 5.32 Å². The van der Waals surface area contributed by atoms with Crippen molar-refractivity contribution >= 4 is 23.5 Å². The van der Waals surface area contributed by atoms with Gasteiger partial charge >= 0.3 is 0 Å². The Morgan fingerprint density at radius 3 is 2.50 bits per heavy atom. The molecule has 0 saturated heterocycles. The van der Waals surface area contributed by atoms with Crippen LogP contribution in [0.5, 0.6) is 0 Å². The van der Waals surface area contributed by atoms with Gasteiger partial charge in [-0.2, -0.15) is 16.9 Å². The number of halogens is 2. The Kier molecular flexibility index (Phi) is 4.24. The first-order valence-electron chi connectivity index (χ1n) is 8.05. The molecule has 26 heavy (non-hydrogen) atoms. The van der Waals surface area contributed by atoms with Gasteiger partial charge in [-0.3, -0.25) is 4.79 Å². The average molecular weight is 371 g/mol. The van der Waals surface area contributed by atoms with E-state index < -0.39 is 23.1 Å². The van der Waals surface area contributed by atoms with Gasteiger partial charge in [0.25, 0.3) is 5.91 Å². The number of benzene rings is 2. The van der Waals surface area contributed by atoms with Crippen molar-refractivity contribution < 1.29 is 13.6 Å². The molecule has 0 spiro atoms. The largest absolute Gasteiger partial charge is 0.306 e. The molecule has 2 aromatic carbocycles. The second kappa shape index (κ2) is 6.57. The summed E-state index contributed by atoms with van der Waals surface area (Å²) in [6.45, 7) is 1.98. The first-order chi connectivity index (χ1) is 12.5. The van der Waals surface area contributed by atoms with Crippen molar-refractivity contribution in [3.05, 3.63) is 76.5 Å². The van der Waals surface area contributed by atoms with Gasteiger partial charge in [0.15, 0.2) is 0 Å². The number of carbonyl (C=O) groups is 1. The maximum atomic E-state index is 13.9.